The average molecular weight is 285 g/mol. The first-order valence-corrected chi connectivity index (χ1v) is 7.24. The van der Waals surface area contributed by atoms with E-state index in [4.69, 9.17) is 0 Å². The van der Waals surface area contributed by atoms with Crippen molar-refractivity contribution in [2.24, 2.45) is 0 Å². The lowest BCUT2D eigenvalue weighted by Gasteiger charge is -2.19. The van der Waals surface area contributed by atoms with Crippen molar-refractivity contribution in [3.63, 3.8) is 0 Å². The predicted molar refractivity (Wildman–Crippen MR) is 71.3 cm³/mol. The van der Waals surface area contributed by atoms with Crippen LogP contribution < -0.4 is 14.8 Å². The van der Waals surface area contributed by atoms with Crippen LogP contribution in [0.3, 0.4) is 0 Å². The van der Waals surface area contributed by atoms with E-state index in [9.17, 15) is 13.2 Å². The van der Waals surface area contributed by atoms with Gasteiger partial charge in [-0.05, 0) is 36.6 Å². The number of anilines is 2. The van der Waals surface area contributed by atoms with Crippen molar-refractivity contribution in [1.29, 1.82) is 0 Å². The first kappa shape index (κ1) is 13.5. The van der Waals surface area contributed by atoms with E-state index in [1.165, 1.54) is 0 Å². The molecule has 19 heavy (non-hydrogen) atoms. The van der Waals surface area contributed by atoms with Gasteiger partial charge in [0.25, 0.3) is 0 Å². The Balaban J connectivity index is 2.13. The molecule has 7 nitrogen and oxygen atoms in total. The summed E-state index contributed by atoms with van der Waals surface area (Å²) in [7, 11) is -2.87. The van der Waals surface area contributed by atoms with Crippen molar-refractivity contribution in [3.05, 3.63) is 23.8 Å². The van der Waals surface area contributed by atoms with Crippen molar-refractivity contribution in [2.75, 3.05) is 23.7 Å². The molecule has 0 spiro atoms. The zero-order chi connectivity index (χ0) is 13.9. The molecule has 8 heteroatoms. The Morgan fingerprint density at radius 3 is 2.95 bits per heavy atom. The lowest BCUT2D eigenvalue weighted by molar-refractivity contribution is 0.177. The second-order valence-electron chi connectivity index (χ2n) is 4.10. The van der Waals surface area contributed by atoms with Crippen LogP contribution in [0.5, 0.6) is 0 Å². The van der Waals surface area contributed by atoms with E-state index in [0.717, 1.165) is 37.7 Å². The van der Waals surface area contributed by atoms with Crippen molar-refractivity contribution in [2.45, 2.75) is 12.8 Å². The van der Waals surface area contributed by atoms with Crippen molar-refractivity contribution in [1.82, 2.24) is 4.72 Å². The Morgan fingerprint density at radius 2 is 2.21 bits per heavy atom. The summed E-state index contributed by atoms with van der Waals surface area (Å²) >= 11 is 0. The van der Waals surface area contributed by atoms with Crippen LogP contribution in [-0.4, -0.2) is 28.2 Å². The third-order valence-electron chi connectivity index (χ3n) is 2.70. The first-order chi connectivity index (χ1) is 9.00. The standard InChI is InChI=1S/C11H15N3O4S/c1-18-11(15)14-19(16,17)13-9-4-5-10-8(7-9)3-2-6-12-10/h4-5,7,12-13H,2-3,6H2,1H3,(H,14,15). The molecule has 1 heterocycles. The number of benzene rings is 1. The second-order valence-corrected chi connectivity index (χ2v) is 5.52. The van der Waals surface area contributed by atoms with Crippen LogP contribution in [-0.2, 0) is 21.4 Å². The van der Waals surface area contributed by atoms with Gasteiger partial charge in [0.15, 0.2) is 0 Å². The fraction of sp³-hybridized carbons (Fsp3) is 0.364. The van der Waals surface area contributed by atoms with Gasteiger partial charge < -0.3 is 10.1 Å². The highest BCUT2D eigenvalue weighted by Crippen LogP contribution is 2.25. The molecule has 1 amide bonds. The van der Waals surface area contributed by atoms with Crippen molar-refractivity contribution in [3.8, 4) is 0 Å². The van der Waals surface area contributed by atoms with E-state index < -0.39 is 16.3 Å². The zero-order valence-corrected chi connectivity index (χ0v) is 11.2. The minimum Gasteiger partial charge on any atom is -0.452 e. The van der Waals surface area contributed by atoms with Gasteiger partial charge in [0.2, 0.25) is 0 Å². The van der Waals surface area contributed by atoms with Crippen LogP contribution in [0.4, 0.5) is 16.2 Å². The van der Waals surface area contributed by atoms with E-state index in [2.05, 4.69) is 14.8 Å². The summed E-state index contributed by atoms with van der Waals surface area (Å²) in [5.41, 5.74) is 2.46. The van der Waals surface area contributed by atoms with Gasteiger partial charge in [0.1, 0.15) is 0 Å². The lowest BCUT2D eigenvalue weighted by atomic mass is 10.0. The van der Waals surface area contributed by atoms with Gasteiger partial charge in [-0.2, -0.15) is 8.42 Å². The highest BCUT2D eigenvalue weighted by atomic mass is 32.2. The Hall–Kier alpha value is -1.96. The molecule has 1 aromatic carbocycles. The highest BCUT2D eigenvalue weighted by molar-refractivity contribution is 7.91. The Morgan fingerprint density at radius 1 is 1.42 bits per heavy atom. The molecule has 0 bridgehead atoms. The fourth-order valence-corrected chi connectivity index (χ4v) is 2.66. The van der Waals surface area contributed by atoms with E-state index in [1.807, 2.05) is 6.07 Å². The molecule has 1 aliphatic heterocycles. The quantitative estimate of drug-likeness (QED) is 0.771. The van der Waals surface area contributed by atoms with Gasteiger partial charge in [-0.3, -0.25) is 4.72 Å². The number of aryl methyl sites for hydroxylation is 1. The summed E-state index contributed by atoms with van der Waals surface area (Å²) in [6, 6.07) is 5.19. The molecule has 0 aliphatic carbocycles. The number of hydrogen-bond acceptors (Lipinski definition) is 5. The lowest BCUT2D eigenvalue weighted by Crippen LogP contribution is -2.35. The van der Waals surface area contributed by atoms with Gasteiger partial charge >= 0.3 is 16.3 Å². The first-order valence-electron chi connectivity index (χ1n) is 5.75. The topological polar surface area (TPSA) is 96.5 Å². The van der Waals surface area contributed by atoms with Crippen LogP contribution in [0.2, 0.25) is 0 Å². The van der Waals surface area contributed by atoms with Gasteiger partial charge in [0, 0.05) is 12.2 Å². The number of rotatable bonds is 3. The van der Waals surface area contributed by atoms with E-state index in [0.29, 0.717) is 5.69 Å². The maximum absolute atomic E-state index is 11.6. The highest BCUT2D eigenvalue weighted by Gasteiger charge is 2.16. The third kappa shape index (κ3) is 3.50. The maximum Gasteiger partial charge on any atom is 0.422 e. The third-order valence-corrected chi connectivity index (χ3v) is 3.64. The number of carbonyl (C=O) groups is 1. The number of nitrogens with one attached hydrogen (secondary N) is 3. The number of hydrogen-bond donors (Lipinski definition) is 3. The Bertz CT molecular complexity index is 586. The van der Waals surface area contributed by atoms with Crippen LogP contribution in [0.1, 0.15) is 12.0 Å². The number of amides is 1. The van der Waals surface area contributed by atoms with Crippen LogP contribution in [0, 0.1) is 0 Å². The molecule has 0 fully saturated rings. The molecule has 104 valence electrons. The largest absolute Gasteiger partial charge is 0.452 e. The second kappa shape index (κ2) is 5.35. The minimum absolute atomic E-state index is 0.402. The Labute approximate surface area is 111 Å². The molecule has 3 N–H and O–H groups in total. The molecule has 0 saturated carbocycles. The summed E-state index contributed by atoms with van der Waals surface area (Å²) < 4.78 is 31.4. The normalized spacial score (nSPS) is 13.9. The predicted octanol–water partition coefficient (Wildman–Crippen LogP) is 1.06. The van der Waals surface area contributed by atoms with Gasteiger partial charge in [-0.15, -0.1) is 0 Å². The van der Waals surface area contributed by atoms with Gasteiger partial charge in [-0.1, -0.05) is 0 Å². The number of carbonyl (C=O) groups excluding carboxylic acids is 1. The summed E-state index contributed by atoms with van der Waals surface area (Å²) in [4.78, 5) is 10.9. The molecule has 0 radical (unpaired) electrons. The smallest absolute Gasteiger partial charge is 0.422 e. The van der Waals surface area contributed by atoms with Gasteiger partial charge in [0.05, 0.1) is 12.8 Å². The summed E-state index contributed by atoms with van der Waals surface area (Å²) in [6.07, 6.45) is 0.860. The SMILES string of the molecule is COC(=O)NS(=O)(=O)Nc1ccc2c(c1)CCCN2. The molecule has 0 unspecified atom stereocenters. The fourth-order valence-electron chi connectivity index (χ4n) is 1.87. The molecular weight excluding hydrogens is 270 g/mol. The molecule has 0 atom stereocenters. The van der Waals surface area contributed by atoms with Crippen molar-refractivity contribution < 1.29 is 17.9 Å². The van der Waals surface area contributed by atoms with E-state index >= 15 is 0 Å². The molecule has 0 aromatic heterocycles. The molecule has 1 aromatic rings. The molecule has 1 aliphatic rings. The van der Waals surface area contributed by atoms with Gasteiger partial charge in [-0.25, -0.2) is 9.52 Å². The zero-order valence-electron chi connectivity index (χ0n) is 10.4. The summed E-state index contributed by atoms with van der Waals surface area (Å²) in [5, 5.41) is 3.23. The number of methoxy groups -OCH3 is 1. The van der Waals surface area contributed by atoms with Crippen LogP contribution in [0.15, 0.2) is 18.2 Å². The monoisotopic (exact) mass is 285 g/mol. The number of ether oxygens (including phenoxy) is 1. The molecular formula is C11H15N3O4S. The average Bonchev–Trinajstić information content (AvgIpc) is 2.37. The van der Waals surface area contributed by atoms with E-state index in [1.54, 1.807) is 16.9 Å². The van der Waals surface area contributed by atoms with Crippen LogP contribution in [0.25, 0.3) is 0 Å². The van der Waals surface area contributed by atoms with E-state index in [-0.39, 0.29) is 0 Å². The molecule has 0 saturated heterocycles. The summed E-state index contributed by atoms with van der Waals surface area (Å²) in [5.74, 6) is 0. The number of fused-ring (bicyclic) bond motifs is 1. The maximum atomic E-state index is 11.6. The Kier molecular flexibility index (Phi) is 3.79. The summed E-state index contributed by atoms with van der Waals surface area (Å²) in [6.45, 7) is 0.919. The minimum atomic E-state index is -3.97. The molecule has 2 rings (SSSR count). The van der Waals surface area contributed by atoms with Crippen LogP contribution >= 0.6 is 0 Å². The van der Waals surface area contributed by atoms with Crippen molar-refractivity contribution >= 4 is 27.7 Å².